The second-order valence-corrected chi connectivity index (χ2v) is 7.01. The molecule has 1 aliphatic heterocycles. The minimum absolute atomic E-state index is 0.238. The molecule has 5 nitrogen and oxygen atoms in total. The highest BCUT2D eigenvalue weighted by Crippen LogP contribution is 2.20. The van der Waals surface area contributed by atoms with Crippen molar-refractivity contribution in [2.45, 2.75) is 0 Å². The van der Waals surface area contributed by atoms with Gasteiger partial charge in [-0.3, -0.25) is 4.90 Å². The number of para-hydroxylation sites is 1. The first-order chi connectivity index (χ1) is 12.6. The second-order valence-electron chi connectivity index (χ2n) is 6.17. The first-order valence-electron chi connectivity index (χ1n) is 8.64. The largest absolute Gasteiger partial charge is 0.369 e. The summed E-state index contributed by atoms with van der Waals surface area (Å²) in [5.74, 6) is 0. The Labute approximate surface area is 163 Å². The Morgan fingerprint density at radius 1 is 0.962 bits per heavy atom. The van der Waals surface area contributed by atoms with Crippen LogP contribution in [0.3, 0.4) is 0 Å². The second kappa shape index (κ2) is 9.12. The molecule has 0 unspecified atom stereocenters. The minimum Gasteiger partial charge on any atom is -0.369 e. The van der Waals surface area contributed by atoms with E-state index in [9.17, 15) is 4.79 Å². The summed E-state index contributed by atoms with van der Waals surface area (Å²) in [7, 11) is 0. The van der Waals surface area contributed by atoms with Crippen molar-refractivity contribution in [2.75, 3.05) is 49.5 Å². The van der Waals surface area contributed by atoms with Crippen LogP contribution in [-0.4, -0.2) is 50.2 Å². The van der Waals surface area contributed by atoms with Crippen LogP contribution < -0.4 is 15.5 Å². The molecule has 1 aliphatic rings. The molecule has 0 atom stereocenters. The predicted octanol–water partition coefficient (Wildman–Crippen LogP) is 3.94. The summed E-state index contributed by atoms with van der Waals surface area (Å²) in [5.41, 5.74) is 1.81. The van der Waals surface area contributed by atoms with Crippen LogP contribution in [0.2, 0.25) is 10.0 Å². The summed E-state index contributed by atoms with van der Waals surface area (Å²) >= 11 is 12.0. The Balaban J connectivity index is 1.37. The molecule has 138 valence electrons. The number of hydrogen-bond acceptors (Lipinski definition) is 3. The molecule has 26 heavy (non-hydrogen) atoms. The number of halogens is 2. The van der Waals surface area contributed by atoms with Crippen molar-refractivity contribution < 1.29 is 4.79 Å². The Morgan fingerprint density at radius 3 is 2.35 bits per heavy atom. The van der Waals surface area contributed by atoms with E-state index >= 15 is 0 Å². The minimum atomic E-state index is -0.238. The number of amides is 2. The number of anilines is 2. The van der Waals surface area contributed by atoms with Crippen LogP contribution in [-0.2, 0) is 0 Å². The van der Waals surface area contributed by atoms with Gasteiger partial charge in [0.1, 0.15) is 0 Å². The Morgan fingerprint density at radius 2 is 1.65 bits per heavy atom. The van der Waals surface area contributed by atoms with E-state index < -0.39 is 0 Å². The standard InChI is InChI=1S/C19H22Cl2N4O/c20-15-5-7-16(8-6-15)25-13-11-24(12-14-25)10-9-22-19(26)23-18-4-2-1-3-17(18)21/h1-8H,9-14H2,(H2,22,23,26). The molecule has 0 bridgehead atoms. The smallest absolute Gasteiger partial charge is 0.319 e. The number of urea groups is 1. The van der Waals surface area contributed by atoms with Crippen molar-refractivity contribution in [3.8, 4) is 0 Å². The van der Waals surface area contributed by atoms with Gasteiger partial charge in [0.2, 0.25) is 0 Å². The lowest BCUT2D eigenvalue weighted by Crippen LogP contribution is -2.48. The van der Waals surface area contributed by atoms with Crippen molar-refractivity contribution in [3.05, 3.63) is 58.6 Å². The first kappa shape index (κ1) is 18.8. The highest BCUT2D eigenvalue weighted by atomic mass is 35.5. The maximum atomic E-state index is 12.0. The lowest BCUT2D eigenvalue weighted by atomic mass is 10.2. The molecule has 2 aromatic carbocycles. The van der Waals surface area contributed by atoms with E-state index in [1.54, 1.807) is 12.1 Å². The molecule has 2 N–H and O–H groups in total. The zero-order chi connectivity index (χ0) is 18.4. The summed E-state index contributed by atoms with van der Waals surface area (Å²) in [5, 5.41) is 6.92. The van der Waals surface area contributed by atoms with E-state index in [0.717, 1.165) is 37.7 Å². The number of carbonyl (C=O) groups is 1. The van der Waals surface area contributed by atoms with Crippen LogP contribution >= 0.6 is 23.2 Å². The van der Waals surface area contributed by atoms with Gasteiger partial charge in [-0.25, -0.2) is 4.79 Å². The molecule has 1 heterocycles. The van der Waals surface area contributed by atoms with Crippen molar-refractivity contribution in [1.29, 1.82) is 0 Å². The summed E-state index contributed by atoms with van der Waals surface area (Å²) in [6, 6.07) is 14.9. The van der Waals surface area contributed by atoms with Crippen LogP contribution in [0.15, 0.2) is 48.5 Å². The van der Waals surface area contributed by atoms with Gasteiger partial charge in [0, 0.05) is 50.0 Å². The lowest BCUT2D eigenvalue weighted by Gasteiger charge is -2.36. The van der Waals surface area contributed by atoms with E-state index in [0.29, 0.717) is 17.3 Å². The van der Waals surface area contributed by atoms with Gasteiger partial charge < -0.3 is 15.5 Å². The number of piperazine rings is 1. The average molecular weight is 393 g/mol. The molecule has 0 spiro atoms. The zero-order valence-electron chi connectivity index (χ0n) is 14.4. The highest BCUT2D eigenvalue weighted by Gasteiger charge is 2.17. The fourth-order valence-corrected chi connectivity index (χ4v) is 3.25. The number of nitrogens with one attached hydrogen (secondary N) is 2. The highest BCUT2D eigenvalue weighted by molar-refractivity contribution is 6.33. The topological polar surface area (TPSA) is 47.6 Å². The fourth-order valence-electron chi connectivity index (χ4n) is 2.94. The third-order valence-electron chi connectivity index (χ3n) is 4.40. The van der Waals surface area contributed by atoms with Crippen LogP contribution in [0.4, 0.5) is 16.2 Å². The van der Waals surface area contributed by atoms with Gasteiger partial charge in [-0.05, 0) is 36.4 Å². The van der Waals surface area contributed by atoms with E-state index in [2.05, 4.69) is 32.6 Å². The van der Waals surface area contributed by atoms with Crippen molar-refractivity contribution in [1.82, 2.24) is 10.2 Å². The zero-order valence-corrected chi connectivity index (χ0v) is 15.9. The Kier molecular flexibility index (Phi) is 6.61. The van der Waals surface area contributed by atoms with Crippen LogP contribution in [0.5, 0.6) is 0 Å². The number of carbonyl (C=O) groups excluding carboxylic acids is 1. The Bertz CT molecular complexity index is 731. The molecule has 0 saturated carbocycles. The number of benzene rings is 2. The number of rotatable bonds is 5. The molecular weight excluding hydrogens is 371 g/mol. The Hall–Kier alpha value is -1.95. The van der Waals surface area contributed by atoms with Gasteiger partial charge in [0.05, 0.1) is 10.7 Å². The van der Waals surface area contributed by atoms with Gasteiger partial charge >= 0.3 is 6.03 Å². The monoisotopic (exact) mass is 392 g/mol. The fraction of sp³-hybridized carbons (Fsp3) is 0.316. The molecule has 1 fully saturated rings. The van der Waals surface area contributed by atoms with Gasteiger partial charge in [-0.2, -0.15) is 0 Å². The third kappa shape index (κ3) is 5.27. The van der Waals surface area contributed by atoms with Crippen molar-refractivity contribution in [2.24, 2.45) is 0 Å². The van der Waals surface area contributed by atoms with Crippen LogP contribution in [0.1, 0.15) is 0 Å². The molecular formula is C19H22Cl2N4O. The summed E-state index contributed by atoms with van der Waals surface area (Å²) < 4.78 is 0. The molecule has 2 aromatic rings. The van der Waals surface area contributed by atoms with E-state index in [1.807, 2.05) is 24.3 Å². The van der Waals surface area contributed by atoms with E-state index in [-0.39, 0.29) is 6.03 Å². The van der Waals surface area contributed by atoms with Crippen LogP contribution in [0.25, 0.3) is 0 Å². The molecule has 0 aromatic heterocycles. The van der Waals surface area contributed by atoms with Gasteiger partial charge in [-0.15, -0.1) is 0 Å². The normalized spacial score (nSPS) is 14.9. The predicted molar refractivity (Wildman–Crippen MR) is 109 cm³/mol. The van der Waals surface area contributed by atoms with Crippen LogP contribution in [0, 0.1) is 0 Å². The average Bonchev–Trinajstić information content (AvgIpc) is 2.65. The van der Waals surface area contributed by atoms with Crippen molar-refractivity contribution >= 4 is 40.6 Å². The molecule has 0 aliphatic carbocycles. The SMILES string of the molecule is O=C(NCCN1CCN(c2ccc(Cl)cc2)CC1)Nc1ccccc1Cl. The maximum absolute atomic E-state index is 12.0. The first-order valence-corrected chi connectivity index (χ1v) is 9.40. The lowest BCUT2D eigenvalue weighted by molar-refractivity contribution is 0.240. The molecule has 1 saturated heterocycles. The molecule has 7 heteroatoms. The van der Waals surface area contributed by atoms with E-state index in [1.165, 1.54) is 5.69 Å². The van der Waals surface area contributed by atoms with Gasteiger partial charge in [-0.1, -0.05) is 35.3 Å². The van der Waals surface area contributed by atoms with Crippen molar-refractivity contribution in [3.63, 3.8) is 0 Å². The number of nitrogens with zero attached hydrogens (tertiary/aromatic N) is 2. The molecule has 3 rings (SSSR count). The molecule has 2 amide bonds. The quantitative estimate of drug-likeness (QED) is 0.809. The molecule has 0 radical (unpaired) electrons. The van der Waals surface area contributed by atoms with Gasteiger partial charge in [0.15, 0.2) is 0 Å². The number of hydrogen-bond donors (Lipinski definition) is 2. The summed E-state index contributed by atoms with van der Waals surface area (Å²) in [6.07, 6.45) is 0. The summed E-state index contributed by atoms with van der Waals surface area (Å²) in [6.45, 7) is 5.29. The van der Waals surface area contributed by atoms with E-state index in [4.69, 9.17) is 23.2 Å². The van der Waals surface area contributed by atoms with Gasteiger partial charge in [0.25, 0.3) is 0 Å². The summed E-state index contributed by atoms with van der Waals surface area (Å²) in [4.78, 5) is 16.7. The maximum Gasteiger partial charge on any atom is 0.319 e. The third-order valence-corrected chi connectivity index (χ3v) is 4.98.